The van der Waals surface area contributed by atoms with Crippen LogP contribution in [-0.2, 0) is 9.59 Å². The normalized spacial score (nSPS) is 27.3. The number of hydrogen-bond acceptors (Lipinski definition) is 7. The van der Waals surface area contributed by atoms with E-state index in [0.29, 0.717) is 49.0 Å². The number of carbonyl (C=O) groups excluding carboxylic acids is 2. The minimum Gasteiger partial charge on any atom is -0.349 e. The third kappa shape index (κ3) is 6.73. The lowest BCUT2D eigenvalue weighted by Gasteiger charge is -2.80. The van der Waals surface area contributed by atoms with Crippen molar-refractivity contribution < 1.29 is 9.59 Å². The van der Waals surface area contributed by atoms with Gasteiger partial charge in [0.1, 0.15) is 11.6 Å². The molecule has 3 aliphatic heterocycles. The first-order chi connectivity index (χ1) is 24.3. The Morgan fingerprint density at radius 2 is 1.68 bits per heavy atom. The topological polar surface area (TPSA) is 89.8 Å². The molecule has 4 unspecified atom stereocenters. The smallest absolute Gasteiger partial charge is 0.227 e. The highest BCUT2D eigenvalue weighted by Crippen LogP contribution is 2.73. The van der Waals surface area contributed by atoms with Gasteiger partial charge in [-0.2, -0.15) is 0 Å². The Hall–Kier alpha value is -3.26. The van der Waals surface area contributed by atoms with Crippen molar-refractivity contribution >= 4 is 11.8 Å². The summed E-state index contributed by atoms with van der Waals surface area (Å²) in [4.78, 5) is 36.1. The average Bonchev–Trinajstić information content (AvgIpc) is 3.45. The van der Waals surface area contributed by atoms with Gasteiger partial charge >= 0.3 is 0 Å². The molecule has 0 bridgehead atoms. The maximum atomic E-state index is 13.5. The summed E-state index contributed by atoms with van der Waals surface area (Å²) in [5, 5.41) is 12.4. The highest BCUT2D eigenvalue weighted by atomic mass is 16.2. The van der Waals surface area contributed by atoms with Gasteiger partial charge in [0, 0.05) is 88.1 Å². The van der Waals surface area contributed by atoms with Gasteiger partial charge in [-0.15, -0.1) is 22.5 Å². The number of benzene rings is 1. The molecule has 7 rings (SSSR count). The molecule has 1 aromatic heterocycles. The minimum absolute atomic E-state index is 0.0320. The molecule has 2 amide bonds. The molecule has 5 atom stereocenters. The largest absolute Gasteiger partial charge is 0.349 e. The summed E-state index contributed by atoms with van der Waals surface area (Å²) in [7, 11) is 0. The molecule has 1 spiro atoms. The minimum atomic E-state index is -0.128. The lowest BCUT2D eigenvalue weighted by Crippen LogP contribution is -2.85. The zero-order valence-electron chi connectivity index (χ0n) is 30.6. The van der Waals surface area contributed by atoms with Gasteiger partial charge in [0.05, 0.1) is 12.0 Å². The second kappa shape index (κ2) is 15.1. The number of piperazine rings is 1. The second-order valence-corrected chi connectivity index (χ2v) is 16.0. The monoisotopic (exact) mass is 682 g/mol. The van der Waals surface area contributed by atoms with Crippen LogP contribution in [0, 0.1) is 30.6 Å². The zero-order chi connectivity index (χ0) is 34.8. The van der Waals surface area contributed by atoms with Gasteiger partial charge in [-0.25, -0.2) is 0 Å². The van der Waals surface area contributed by atoms with E-state index in [0.717, 1.165) is 95.1 Å². The number of nitrogens with one attached hydrogen (secondary N) is 1. The summed E-state index contributed by atoms with van der Waals surface area (Å²) in [5.41, 5.74) is 1.54. The fourth-order valence-electron chi connectivity index (χ4n) is 9.81. The fourth-order valence-corrected chi connectivity index (χ4v) is 9.81. The highest BCUT2D eigenvalue weighted by Gasteiger charge is 2.75. The predicted octanol–water partition coefficient (Wildman–Crippen LogP) is 4.40. The van der Waals surface area contributed by atoms with Gasteiger partial charge in [-0.3, -0.25) is 14.5 Å². The van der Waals surface area contributed by atoms with Crippen LogP contribution in [0.1, 0.15) is 107 Å². The number of nitrogens with zero attached hydrogens (tertiary/aromatic N) is 7. The van der Waals surface area contributed by atoms with Gasteiger partial charge in [0.25, 0.3) is 0 Å². The second-order valence-electron chi connectivity index (χ2n) is 16.0. The van der Waals surface area contributed by atoms with Crippen molar-refractivity contribution in [3.63, 3.8) is 0 Å². The van der Waals surface area contributed by atoms with Crippen LogP contribution >= 0.6 is 0 Å². The van der Waals surface area contributed by atoms with Gasteiger partial charge in [0.2, 0.25) is 11.8 Å². The molecule has 50 heavy (non-hydrogen) atoms. The molecule has 0 radical (unpaired) electrons. The Morgan fingerprint density at radius 3 is 2.32 bits per heavy atom. The van der Waals surface area contributed by atoms with Crippen molar-refractivity contribution in [1.29, 1.82) is 0 Å². The first kappa shape index (κ1) is 35.2. The number of hydrogen-bond donors (Lipinski definition) is 1. The number of terminal acetylenes is 1. The van der Waals surface area contributed by atoms with Gasteiger partial charge in [0.15, 0.2) is 0 Å². The molecule has 5 aliphatic rings. The maximum absolute atomic E-state index is 13.5. The summed E-state index contributed by atoms with van der Waals surface area (Å²) >= 11 is 0. The van der Waals surface area contributed by atoms with Gasteiger partial charge in [-0.05, 0) is 70.5 Å². The number of piperidine rings is 2. The average molecular weight is 683 g/mol. The van der Waals surface area contributed by atoms with Crippen LogP contribution in [0.15, 0.2) is 30.3 Å². The van der Waals surface area contributed by atoms with Crippen LogP contribution in [0.25, 0.3) is 0 Å². The van der Waals surface area contributed by atoms with Crippen molar-refractivity contribution in [3.05, 3.63) is 47.5 Å². The van der Waals surface area contributed by atoms with Crippen LogP contribution in [0.3, 0.4) is 0 Å². The quantitative estimate of drug-likeness (QED) is 0.208. The number of rotatable bonds is 16. The van der Waals surface area contributed by atoms with Crippen LogP contribution in [0.2, 0.25) is 0 Å². The van der Waals surface area contributed by atoms with E-state index in [9.17, 15) is 9.59 Å². The Bertz CT molecular complexity index is 1510. The van der Waals surface area contributed by atoms with Crippen molar-refractivity contribution in [2.24, 2.45) is 11.3 Å². The fraction of sp³-hybridized carbons (Fsp3) is 0.700. The van der Waals surface area contributed by atoms with Gasteiger partial charge in [-0.1, -0.05) is 44.2 Å². The SMILES string of the molecule is C#CCCCCN1CCN(CCCC(=O)N2CC(C(=O)N[C@@H](CCN3C4CCC45C3CC5n3c(C)nnc3C(C)C)c3ccccc3)C2)CC1. The first-order valence-corrected chi connectivity index (χ1v) is 19.5. The number of aromatic nitrogens is 3. The molecule has 5 fully saturated rings. The molecule has 2 saturated carbocycles. The third-order valence-electron chi connectivity index (χ3n) is 12.9. The summed E-state index contributed by atoms with van der Waals surface area (Å²) in [6.07, 6.45) is 14.6. The van der Waals surface area contributed by atoms with E-state index in [4.69, 9.17) is 6.42 Å². The molecule has 2 aromatic rings. The Kier molecular flexibility index (Phi) is 10.7. The van der Waals surface area contributed by atoms with E-state index < -0.39 is 0 Å². The highest BCUT2D eigenvalue weighted by molar-refractivity contribution is 5.84. The molecule has 2 aliphatic carbocycles. The number of aryl methyl sites for hydroxylation is 1. The Balaban J connectivity index is 0.844. The van der Waals surface area contributed by atoms with Crippen LogP contribution < -0.4 is 5.32 Å². The molecule has 10 heteroatoms. The van der Waals surface area contributed by atoms with Crippen LogP contribution in [0.5, 0.6) is 0 Å². The molecule has 10 nitrogen and oxygen atoms in total. The molecular formula is C40H58N8O2. The van der Waals surface area contributed by atoms with Crippen molar-refractivity contribution in [1.82, 2.24) is 39.7 Å². The standard InChI is InChI=1S/C40H58N8O2/c1-5-6-7-11-19-44-22-24-45(25-23-44)20-12-15-37(49)46-27-32(28-46)39(50)41-33(31-13-9-8-10-14-31)17-21-47-34-16-18-40(34)35(47)26-36(40)48-30(4)42-43-38(48)29(2)3/h1,8-10,13-14,29,32-36H,6-7,11-12,15-28H2,2-4H3,(H,41,50)/t33-,34?,35?,36?,40?/m0/s1. The van der Waals surface area contributed by atoms with Crippen LogP contribution in [-0.4, -0.2) is 117 Å². The summed E-state index contributed by atoms with van der Waals surface area (Å²) in [5.74, 6) is 5.41. The number of amides is 2. The molecule has 270 valence electrons. The maximum Gasteiger partial charge on any atom is 0.227 e. The molecule has 1 N–H and O–H groups in total. The van der Waals surface area contributed by atoms with Crippen molar-refractivity contribution in [3.8, 4) is 12.3 Å². The first-order valence-electron chi connectivity index (χ1n) is 19.5. The molecule has 1 aromatic carbocycles. The third-order valence-corrected chi connectivity index (χ3v) is 12.9. The lowest BCUT2D eigenvalue weighted by atomic mass is 9.40. The van der Waals surface area contributed by atoms with E-state index in [1.165, 1.54) is 19.3 Å². The summed E-state index contributed by atoms with van der Waals surface area (Å²) < 4.78 is 2.46. The molecule has 4 heterocycles. The number of carbonyl (C=O) groups is 2. The van der Waals surface area contributed by atoms with Crippen LogP contribution in [0.4, 0.5) is 0 Å². The van der Waals surface area contributed by atoms with E-state index in [1.807, 2.05) is 11.0 Å². The van der Waals surface area contributed by atoms with E-state index in [-0.39, 0.29) is 23.8 Å². The summed E-state index contributed by atoms with van der Waals surface area (Å²) in [6.45, 7) is 15.0. The zero-order valence-corrected chi connectivity index (χ0v) is 30.6. The lowest BCUT2D eigenvalue weighted by molar-refractivity contribution is -0.295. The van der Waals surface area contributed by atoms with E-state index in [2.05, 4.69) is 85.7 Å². The van der Waals surface area contributed by atoms with E-state index >= 15 is 0 Å². The Labute approximate surface area is 299 Å². The number of unbranched alkanes of at least 4 members (excludes halogenated alkanes) is 2. The Morgan fingerprint density at radius 1 is 0.960 bits per heavy atom. The van der Waals surface area contributed by atoms with Gasteiger partial charge < -0.3 is 24.6 Å². The van der Waals surface area contributed by atoms with Crippen molar-refractivity contribution in [2.45, 2.75) is 109 Å². The van der Waals surface area contributed by atoms with Crippen molar-refractivity contribution in [2.75, 3.05) is 58.9 Å². The number of likely N-dealkylation sites (tertiary alicyclic amines) is 2. The summed E-state index contributed by atoms with van der Waals surface area (Å²) in [6, 6.07) is 12.1. The predicted molar refractivity (Wildman–Crippen MR) is 195 cm³/mol. The molecular weight excluding hydrogens is 624 g/mol. The molecule has 3 saturated heterocycles. The van der Waals surface area contributed by atoms with E-state index in [1.54, 1.807) is 0 Å².